The Morgan fingerprint density at radius 3 is 2.62 bits per heavy atom. The number of thiazole rings is 1. The Morgan fingerprint density at radius 2 is 1.86 bits per heavy atom. The first-order valence-corrected chi connectivity index (χ1v) is 10.2. The Kier molecular flexibility index (Phi) is 5.24. The van der Waals surface area contributed by atoms with Crippen LogP contribution in [0.25, 0.3) is 17.3 Å². The first kappa shape index (κ1) is 19.0. The summed E-state index contributed by atoms with van der Waals surface area (Å²) in [5, 5.41) is 14.1. The van der Waals surface area contributed by atoms with Gasteiger partial charge in [-0.1, -0.05) is 42.5 Å². The molecule has 0 unspecified atom stereocenters. The fourth-order valence-corrected chi connectivity index (χ4v) is 4.42. The van der Waals surface area contributed by atoms with Crippen molar-refractivity contribution in [2.24, 2.45) is 4.99 Å². The van der Waals surface area contributed by atoms with E-state index in [0.717, 1.165) is 11.3 Å². The number of hydrogen-bond acceptors (Lipinski definition) is 7. The SMILES string of the molecule is CN1C(=O)/C(=C/c2ccccc2[N+](=O)[O-])S/C1=N/c1nc(-c2ccccc2)cs1. The lowest BCUT2D eigenvalue weighted by molar-refractivity contribution is -0.385. The second-order valence-corrected chi connectivity index (χ2v) is 7.91. The van der Waals surface area contributed by atoms with E-state index in [0.29, 0.717) is 20.8 Å². The topological polar surface area (TPSA) is 88.7 Å². The highest BCUT2D eigenvalue weighted by molar-refractivity contribution is 8.18. The van der Waals surface area contributed by atoms with Crippen molar-refractivity contribution in [2.45, 2.75) is 0 Å². The summed E-state index contributed by atoms with van der Waals surface area (Å²) in [5.41, 5.74) is 2.15. The summed E-state index contributed by atoms with van der Waals surface area (Å²) < 4.78 is 0. The maximum Gasteiger partial charge on any atom is 0.276 e. The molecule has 29 heavy (non-hydrogen) atoms. The van der Waals surface area contributed by atoms with Crippen LogP contribution in [0.2, 0.25) is 0 Å². The molecule has 0 spiro atoms. The number of amides is 1. The van der Waals surface area contributed by atoms with Gasteiger partial charge in [0.05, 0.1) is 21.1 Å². The highest BCUT2D eigenvalue weighted by Crippen LogP contribution is 2.35. The summed E-state index contributed by atoms with van der Waals surface area (Å²) >= 11 is 2.56. The number of aromatic nitrogens is 1. The molecule has 1 fully saturated rings. The van der Waals surface area contributed by atoms with Crippen LogP contribution >= 0.6 is 23.1 Å². The summed E-state index contributed by atoms with van der Waals surface area (Å²) in [6.45, 7) is 0. The van der Waals surface area contributed by atoms with Crippen LogP contribution < -0.4 is 0 Å². The molecule has 2 heterocycles. The van der Waals surface area contributed by atoms with Gasteiger partial charge in [0.1, 0.15) is 0 Å². The molecule has 1 aliphatic rings. The fourth-order valence-electron chi connectivity index (χ4n) is 2.71. The molecule has 144 valence electrons. The molecule has 0 N–H and O–H groups in total. The second-order valence-electron chi connectivity index (χ2n) is 6.07. The van der Waals surface area contributed by atoms with Crippen molar-refractivity contribution in [1.29, 1.82) is 0 Å². The zero-order chi connectivity index (χ0) is 20.4. The largest absolute Gasteiger partial charge is 0.289 e. The normalized spacial score (nSPS) is 16.7. The highest BCUT2D eigenvalue weighted by atomic mass is 32.2. The molecule has 0 saturated carbocycles. The van der Waals surface area contributed by atoms with Crippen LogP contribution in [0.5, 0.6) is 0 Å². The molecule has 1 aromatic heterocycles. The lowest BCUT2D eigenvalue weighted by atomic mass is 10.1. The van der Waals surface area contributed by atoms with E-state index in [1.54, 1.807) is 25.2 Å². The number of benzene rings is 2. The van der Waals surface area contributed by atoms with E-state index in [9.17, 15) is 14.9 Å². The van der Waals surface area contributed by atoms with E-state index in [2.05, 4.69) is 9.98 Å². The molecule has 9 heteroatoms. The number of carbonyl (C=O) groups excluding carboxylic acids is 1. The van der Waals surface area contributed by atoms with Crippen molar-refractivity contribution < 1.29 is 9.72 Å². The van der Waals surface area contributed by atoms with Gasteiger partial charge in [0.15, 0.2) is 5.17 Å². The Hall–Kier alpha value is -3.30. The maximum absolute atomic E-state index is 12.6. The molecule has 1 amide bonds. The minimum Gasteiger partial charge on any atom is -0.289 e. The Balaban J connectivity index is 1.62. The molecule has 0 radical (unpaired) electrons. The molecule has 4 rings (SSSR count). The average Bonchev–Trinajstić information content (AvgIpc) is 3.30. The zero-order valence-electron chi connectivity index (χ0n) is 15.2. The summed E-state index contributed by atoms with van der Waals surface area (Å²) in [5.74, 6) is -0.258. The second kappa shape index (κ2) is 7.98. The standard InChI is InChI=1S/C20H14N4O3S2/c1-23-18(25)17(11-14-9-5-6-10-16(14)24(26)27)29-20(23)22-19-21-15(12-28-19)13-7-3-2-4-8-13/h2-12H,1H3/b17-11-,22-20+. The minimum atomic E-state index is -0.462. The van der Waals surface area contributed by atoms with E-state index in [4.69, 9.17) is 0 Å². The Labute approximate surface area is 174 Å². The monoisotopic (exact) mass is 422 g/mol. The quantitative estimate of drug-likeness (QED) is 0.337. The fraction of sp³-hybridized carbons (Fsp3) is 0.0500. The number of nitrogens with zero attached hydrogens (tertiary/aromatic N) is 4. The van der Waals surface area contributed by atoms with E-state index >= 15 is 0 Å². The minimum absolute atomic E-state index is 0.0473. The molecule has 2 aromatic carbocycles. The van der Waals surface area contributed by atoms with Crippen LogP contribution in [-0.2, 0) is 4.79 Å². The summed E-state index contributed by atoms with van der Waals surface area (Å²) in [7, 11) is 1.63. The number of carbonyl (C=O) groups is 1. The summed E-state index contributed by atoms with van der Waals surface area (Å²) in [4.78, 5) is 34.2. The predicted molar refractivity (Wildman–Crippen MR) is 116 cm³/mol. The summed E-state index contributed by atoms with van der Waals surface area (Å²) in [6.07, 6.45) is 1.53. The van der Waals surface area contributed by atoms with Gasteiger partial charge in [0, 0.05) is 24.1 Å². The van der Waals surface area contributed by atoms with E-state index in [1.807, 2.05) is 35.7 Å². The molecule has 0 aliphatic carbocycles. The van der Waals surface area contributed by atoms with Crippen molar-refractivity contribution in [3.8, 4) is 11.3 Å². The maximum atomic E-state index is 12.6. The number of aliphatic imine (C=N–C) groups is 1. The van der Waals surface area contributed by atoms with Gasteiger partial charge in [-0.2, -0.15) is 4.99 Å². The van der Waals surface area contributed by atoms with Crippen molar-refractivity contribution in [3.05, 3.63) is 80.6 Å². The number of nitro groups is 1. The smallest absolute Gasteiger partial charge is 0.276 e. The number of para-hydroxylation sites is 1. The number of nitro benzene ring substituents is 1. The third kappa shape index (κ3) is 3.96. The van der Waals surface area contributed by atoms with E-state index in [-0.39, 0.29) is 11.6 Å². The molecular weight excluding hydrogens is 408 g/mol. The van der Waals surface area contributed by atoms with Crippen LogP contribution in [0, 0.1) is 10.1 Å². The van der Waals surface area contributed by atoms with Crippen molar-refractivity contribution in [2.75, 3.05) is 7.05 Å². The zero-order valence-corrected chi connectivity index (χ0v) is 16.8. The predicted octanol–water partition coefficient (Wildman–Crippen LogP) is 4.95. The first-order chi connectivity index (χ1) is 14.0. The Bertz CT molecular complexity index is 1160. The summed E-state index contributed by atoms with van der Waals surface area (Å²) in [6, 6.07) is 16.1. The molecule has 1 saturated heterocycles. The molecule has 0 atom stereocenters. The number of amidine groups is 1. The number of rotatable bonds is 4. The lowest BCUT2D eigenvalue weighted by Crippen LogP contribution is -2.23. The number of hydrogen-bond donors (Lipinski definition) is 0. The van der Waals surface area contributed by atoms with Crippen molar-refractivity contribution >= 4 is 51.1 Å². The van der Waals surface area contributed by atoms with E-state index in [1.165, 1.54) is 40.1 Å². The highest BCUT2D eigenvalue weighted by Gasteiger charge is 2.31. The number of thioether (sulfide) groups is 1. The molecule has 3 aromatic rings. The Morgan fingerprint density at radius 1 is 1.14 bits per heavy atom. The van der Waals surface area contributed by atoms with Crippen LogP contribution in [0.3, 0.4) is 0 Å². The van der Waals surface area contributed by atoms with Gasteiger partial charge in [-0.25, -0.2) is 4.98 Å². The van der Waals surface area contributed by atoms with Gasteiger partial charge < -0.3 is 0 Å². The van der Waals surface area contributed by atoms with Crippen LogP contribution in [0.15, 0.2) is 69.9 Å². The van der Waals surface area contributed by atoms with Gasteiger partial charge in [-0.05, 0) is 23.9 Å². The van der Waals surface area contributed by atoms with Gasteiger partial charge in [-0.3, -0.25) is 19.8 Å². The lowest BCUT2D eigenvalue weighted by Gasteiger charge is -2.05. The van der Waals surface area contributed by atoms with Crippen LogP contribution in [-0.4, -0.2) is 32.9 Å². The van der Waals surface area contributed by atoms with Gasteiger partial charge in [0.2, 0.25) is 5.13 Å². The average molecular weight is 422 g/mol. The van der Waals surface area contributed by atoms with Gasteiger partial charge in [-0.15, -0.1) is 11.3 Å². The van der Waals surface area contributed by atoms with Crippen LogP contribution in [0.4, 0.5) is 10.8 Å². The molecule has 7 nitrogen and oxygen atoms in total. The van der Waals surface area contributed by atoms with E-state index < -0.39 is 4.92 Å². The van der Waals surface area contributed by atoms with Crippen molar-refractivity contribution in [3.63, 3.8) is 0 Å². The van der Waals surface area contributed by atoms with Gasteiger partial charge >= 0.3 is 0 Å². The third-order valence-corrected chi connectivity index (χ3v) is 5.97. The molecular formula is C20H14N4O3S2. The van der Waals surface area contributed by atoms with Crippen LogP contribution in [0.1, 0.15) is 5.56 Å². The molecule has 1 aliphatic heterocycles. The molecule has 0 bridgehead atoms. The number of likely N-dealkylation sites (N-methyl/N-ethyl adjacent to an activating group) is 1. The van der Waals surface area contributed by atoms with Gasteiger partial charge in [0.25, 0.3) is 11.6 Å². The first-order valence-electron chi connectivity index (χ1n) is 8.53. The third-order valence-electron chi connectivity index (χ3n) is 4.18. The van der Waals surface area contributed by atoms with Crippen molar-refractivity contribution in [1.82, 2.24) is 9.88 Å².